The standard InChI is InChI=1S/C23H26N4O2S/c28-22-5-1-3-13-26(22)14-4-2-12-24-23(29)25-19-6-8-20(9-7-19)27-15-10-21-18(17-27)11-16-30-21/h1,3,5-9,11,13,16H,2,4,10,12,14-15,17H2,(H2,24,25,29). The molecule has 0 saturated heterocycles. The number of hydrogen-bond donors (Lipinski definition) is 2. The van der Waals surface area contributed by atoms with Crippen molar-refractivity contribution in [3.8, 4) is 0 Å². The van der Waals surface area contributed by atoms with E-state index in [1.54, 1.807) is 22.9 Å². The Morgan fingerprint density at radius 1 is 1.07 bits per heavy atom. The molecule has 156 valence electrons. The topological polar surface area (TPSA) is 66.4 Å². The molecular weight excluding hydrogens is 396 g/mol. The number of rotatable bonds is 7. The van der Waals surface area contributed by atoms with Crippen molar-refractivity contribution < 1.29 is 4.79 Å². The van der Waals surface area contributed by atoms with E-state index in [-0.39, 0.29) is 11.6 Å². The van der Waals surface area contributed by atoms with Gasteiger partial charge in [0.1, 0.15) is 0 Å². The zero-order chi connectivity index (χ0) is 20.8. The molecule has 4 rings (SSSR count). The molecule has 6 nitrogen and oxygen atoms in total. The quantitative estimate of drug-likeness (QED) is 0.564. The molecule has 0 spiro atoms. The molecule has 7 heteroatoms. The van der Waals surface area contributed by atoms with Crippen molar-refractivity contribution in [3.05, 3.63) is 80.9 Å². The van der Waals surface area contributed by atoms with Crippen LogP contribution < -0.4 is 21.1 Å². The molecule has 0 atom stereocenters. The smallest absolute Gasteiger partial charge is 0.319 e. The van der Waals surface area contributed by atoms with E-state index >= 15 is 0 Å². The van der Waals surface area contributed by atoms with Crippen LogP contribution in [0.3, 0.4) is 0 Å². The minimum absolute atomic E-state index is 0.00645. The number of anilines is 2. The molecule has 3 heterocycles. The first-order valence-corrected chi connectivity index (χ1v) is 11.2. The number of nitrogens with zero attached hydrogens (tertiary/aromatic N) is 2. The predicted molar refractivity (Wildman–Crippen MR) is 122 cm³/mol. The van der Waals surface area contributed by atoms with Crippen molar-refractivity contribution >= 4 is 28.7 Å². The Morgan fingerprint density at radius 2 is 1.93 bits per heavy atom. The van der Waals surface area contributed by atoms with Gasteiger partial charge in [0.2, 0.25) is 5.56 Å². The monoisotopic (exact) mass is 422 g/mol. The van der Waals surface area contributed by atoms with Crippen LogP contribution in [0.5, 0.6) is 0 Å². The lowest BCUT2D eigenvalue weighted by molar-refractivity contribution is 0.252. The predicted octanol–water partition coefficient (Wildman–Crippen LogP) is 4.07. The van der Waals surface area contributed by atoms with Gasteiger partial charge in [-0.1, -0.05) is 6.07 Å². The Hall–Kier alpha value is -3.06. The van der Waals surface area contributed by atoms with E-state index in [9.17, 15) is 9.59 Å². The average Bonchev–Trinajstić information content (AvgIpc) is 3.23. The van der Waals surface area contributed by atoms with Gasteiger partial charge in [0, 0.05) is 54.7 Å². The van der Waals surface area contributed by atoms with Gasteiger partial charge in [-0.05, 0) is 66.6 Å². The summed E-state index contributed by atoms with van der Waals surface area (Å²) in [5.74, 6) is 0. The van der Waals surface area contributed by atoms with E-state index in [2.05, 4.69) is 39.1 Å². The zero-order valence-corrected chi connectivity index (χ0v) is 17.7. The number of urea groups is 1. The van der Waals surface area contributed by atoms with Crippen molar-refractivity contribution in [3.63, 3.8) is 0 Å². The number of aryl methyl sites for hydroxylation is 1. The lowest BCUT2D eigenvalue weighted by atomic mass is 10.1. The van der Waals surface area contributed by atoms with Gasteiger partial charge < -0.3 is 20.1 Å². The van der Waals surface area contributed by atoms with Gasteiger partial charge in [-0.2, -0.15) is 0 Å². The van der Waals surface area contributed by atoms with Crippen molar-refractivity contribution in [1.82, 2.24) is 9.88 Å². The third-order valence-electron chi connectivity index (χ3n) is 5.31. The Morgan fingerprint density at radius 3 is 2.77 bits per heavy atom. The van der Waals surface area contributed by atoms with E-state index in [1.807, 2.05) is 29.5 Å². The average molecular weight is 423 g/mol. The molecule has 0 bridgehead atoms. The molecule has 3 aromatic rings. The van der Waals surface area contributed by atoms with Crippen LogP contribution in [0.4, 0.5) is 16.2 Å². The van der Waals surface area contributed by atoms with E-state index < -0.39 is 0 Å². The third kappa shape index (κ3) is 5.10. The van der Waals surface area contributed by atoms with Crippen LogP contribution in [0.25, 0.3) is 0 Å². The highest BCUT2D eigenvalue weighted by atomic mass is 32.1. The zero-order valence-electron chi connectivity index (χ0n) is 16.8. The Balaban J connectivity index is 1.19. The van der Waals surface area contributed by atoms with Gasteiger partial charge in [0.15, 0.2) is 0 Å². The molecular formula is C23H26N4O2S. The van der Waals surface area contributed by atoms with Gasteiger partial charge in [-0.15, -0.1) is 11.3 Å². The van der Waals surface area contributed by atoms with E-state index in [4.69, 9.17) is 0 Å². The number of unbranched alkanes of at least 4 members (excludes halogenated alkanes) is 1. The Bertz CT molecular complexity index is 1040. The molecule has 0 fully saturated rings. The number of carbonyl (C=O) groups is 1. The van der Waals surface area contributed by atoms with Crippen molar-refractivity contribution in [1.29, 1.82) is 0 Å². The first-order valence-electron chi connectivity index (χ1n) is 10.3. The maximum absolute atomic E-state index is 12.1. The van der Waals surface area contributed by atoms with Gasteiger partial charge in [-0.3, -0.25) is 4.79 Å². The molecule has 30 heavy (non-hydrogen) atoms. The van der Waals surface area contributed by atoms with E-state index in [0.717, 1.165) is 38.0 Å². The molecule has 1 aromatic carbocycles. The maximum Gasteiger partial charge on any atom is 0.319 e. The number of benzene rings is 1. The van der Waals surface area contributed by atoms with Crippen LogP contribution in [0, 0.1) is 0 Å². The normalized spacial score (nSPS) is 13.0. The summed E-state index contributed by atoms with van der Waals surface area (Å²) in [5.41, 5.74) is 3.38. The van der Waals surface area contributed by atoms with Gasteiger partial charge in [0.05, 0.1) is 0 Å². The number of fused-ring (bicyclic) bond motifs is 1. The number of aromatic nitrogens is 1. The van der Waals surface area contributed by atoms with Crippen LogP contribution in [0.1, 0.15) is 23.3 Å². The second-order valence-corrected chi connectivity index (χ2v) is 8.41. The van der Waals surface area contributed by atoms with Crippen LogP contribution >= 0.6 is 11.3 Å². The number of thiophene rings is 1. The van der Waals surface area contributed by atoms with Crippen molar-refractivity contribution in [2.75, 3.05) is 23.3 Å². The minimum atomic E-state index is -0.208. The first kappa shape index (κ1) is 20.2. The Kier molecular flexibility index (Phi) is 6.49. The molecule has 0 radical (unpaired) electrons. The minimum Gasteiger partial charge on any atom is -0.367 e. The molecule has 0 aliphatic carbocycles. The third-order valence-corrected chi connectivity index (χ3v) is 6.33. The fourth-order valence-corrected chi connectivity index (χ4v) is 4.54. The number of hydrogen-bond acceptors (Lipinski definition) is 4. The van der Waals surface area contributed by atoms with Crippen LogP contribution in [-0.4, -0.2) is 23.7 Å². The molecule has 1 aliphatic heterocycles. The molecule has 0 saturated carbocycles. The lowest BCUT2D eigenvalue weighted by Gasteiger charge is -2.29. The second-order valence-electron chi connectivity index (χ2n) is 7.41. The fourth-order valence-electron chi connectivity index (χ4n) is 3.65. The Labute approximate surface area is 180 Å². The molecule has 1 aliphatic rings. The second kappa shape index (κ2) is 9.63. The molecule has 2 N–H and O–H groups in total. The highest BCUT2D eigenvalue weighted by Crippen LogP contribution is 2.28. The first-order chi connectivity index (χ1) is 14.7. The van der Waals surface area contributed by atoms with Crippen LogP contribution in [-0.2, 0) is 19.5 Å². The molecule has 2 amide bonds. The number of nitrogens with one attached hydrogen (secondary N) is 2. The summed E-state index contributed by atoms with van der Waals surface area (Å²) in [5, 5.41) is 7.92. The number of pyridine rings is 1. The SMILES string of the molecule is O=C(NCCCCn1ccccc1=O)Nc1ccc(N2CCc3sccc3C2)cc1. The summed E-state index contributed by atoms with van der Waals surface area (Å²) in [6, 6.07) is 15.2. The summed E-state index contributed by atoms with van der Waals surface area (Å²) in [6.07, 6.45) is 4.53. The summed E-state index contributed by atoms with van der Waals surface area (Å²) >= 11 is 1.84. The maximum atomic E-state index is 12.1. The van der Waals surface area contributed by atoms with Crippen LogP contribution in [0.2, 0.25) is 0 Å². The van der Waals surface area contributed by atoms with Gasteiger partial charge in [0.25, 0.3) is 0 Å². The highest BCUT2D eigenvalue weighted by Gasteiger charge is 2.17. The lowest BCUT2D eigenvalue weighted by Crippen LogP contribution is -2.30. The van der Waals surface area contributed by atoms with E-state index in [0.29, 0.717) is 13.1 Å². The molecule has 0 unspecified atom stereocenters. The highest BCUT2D eigenvalue weighted by molar-refractivity contribution is 7.10. The molecule has 2 aromatic heterocycles. The number of amides is 2. The largest absolute Gasteiger partial charge is 0.367 e. The fraction of sp³-hybridized carbons (Fsp3) is 0.304. The number of carbonyl (C=O) groups excluding carboxylic acids is 1. The van der Waals surface area contributed by atoms with Crippen molar-refractivity contribution in [2.45, 2.75) is 32.4 Å². The van der Waals surface area contributed by atoms with Crippen LogP contribution in [0.15, 0.2) is 64.9 Å². The summed E-state index contributed by atoms with van der Waals surface area (Å²) in [7, 11) is 0. The van der Waals surface area contributed by atoms with Gasteiger partial charge in [-0.25, -0.2) is 4.79 Å². The van der Waals surface area contributed by atoms with Gasteiger partial charge >= 0.3 is 6.03 Å². The summed E-state index contributed by atoms with van der Waals surface area (Å²) in [4.78, 5) is 27.6. The summed E-state index contributed by atoms with van der Waals surface area (Å²) in [6.45, 7) is 3.20. The van der Waals surface area contributed by atoms with E-state index in [1.165, 1.54) is 16.1 Å². The van der Waals surface area contributed by atoms with Crippen molar-refractivity contribution in [2.24, 2.45) is 0 Å². The summed E-state index contributed by atoms with van der Waals surface area (Å²) < 4.78 is 1.68.